The number of benzene rings is 1. The third kappa shape index (κ3) is 3.01. The molecule has 0 fully saturated rings. The highest BCUT2D eigenvalue weighted by Crippen LogP contribution is 2.42. The average molecular weight is 409 g/mol. The third-order valence-electron chi connectivity index (χ3n) is 2.29. The molecule has 0 saturated heterocycles. The van der Waals surface area contributed by atoms with E-state index in [1.54, 1.807) is 7.11 Å². The highest BCUT2D eigenvalue weighted by molar-refractivity contribution is 9.11. The molecule has 8 heteroatoms. The highest BCUT2D eigenvalue weighted by atomic mass is 79.9. The van der Waals surface area contributed by atoms with Gasteiger partial charge in [-0.1, -0.05) is 11.3 Å². The van der Waals surface area contributed by atoms with Crippen LogP contribution in [0.25, 0.3) is 10.2 Å². The molecular weight excluding hydrogens is 398 g/mol. The molecule has 0 bridgehead atoms. The monoisotopic (exact) mass is 407 g/mol. The number of fused-ring (bicyclic) bond motifs is 1. The van der Waals surface area contributed by atoms with Crippen LogP contribution in [0.2, 0.25) is 0 Å². The van der Waals surface area contributed by atoms with Crippen LogP contribution in [-0.2, 0) is 0 Å². The van der Waals surface area contributed by atoms with E-state index in [1.807, 2.05) is 13.0 Å². The molecule has 0 spiro atoms. The normalized spacial score (nSPS) is 10.5. The molecule has 2 amide bonds. The van der Waals surface area contributed by atoms with Gasteiger partial charge in [0.1, 0.15) is 5.75 Å². The summed E-state index contributed by atoms with van der Waals surface area (Å²) >= 11 is 8.30. The van der Waals surface area contributed by atoms with E-state index in [0.29, 0.717) is 17.4 Å². The van der Waals surface area contributed by atoms with E-state index < -0.39 is 0 Å². The molecule has 0 aliphatic rings. The summed E-state index contributed by atoms with van der Waals surface area (Å²) < 4.78 is 7.85. The van der Waals surface area contributed by atoms with Gasteiger partial charge in [-0.2, -0.15) is 0 Å². The predicted molar refractivity (Wildman–Crippen MR) is 84.3 cm³/mol. The van der Waals surface area contributed by atoms with Crippen LogP contribution >= 0.6 is 43.2 Å². The maximum atomic E-state index is 11.5. The number of nitrogens with one attached hydrogen (secondary N) is 2. The summed E-state index contributed by atoms with van der Waals surface area (Å²) in [5.74, 6) is 0.709. The van der Waals surface area contributed by atoms with Crippen LogP contribution in [0.1, 0.15) is 6.92 Å². The molecule has 1 aromatic heterocycles. The zero-order chi connectivity index (χ0) is 14.0. The number of rotatable bonds is 3. The van der Waals surface area contributed by atoms with Crippen LogP contribution in [0.15, 0.2) is 15.0 Å². The van der Waals surface area contributed by atoms with Gasteiger partial charge in [-0.05, 0) is 44.8 Å². The van der Waals surface area contributed by atoms with E-state index in [9.17, 15) is 4.79 Å². The quantitative estimate of drug-likeness (QED) is 0.807. The Hall–Kier alpha value is -0.860. The smallest absolute Gasteiger partial charge is 0.321 e. The number of amides is 2. The molecule has 0 unspecified atom stereocenters. The van der Waals surface area contributed by atoms with Gasteiger partial charge < -0.3 is 10.1 Å². The van der Waals surface area contributed by atoms with Crippen molar-refractivity contribution in [1.29, 1.82) is 0 Å². The van der Waals surface area contributed by atoms with Crippen LogP contribution < -0.4 is 15.4 Å². The minimum Gasteiger partial charge on any atom is -0.494 e. The second-order valence-corrected chi connectivity index (χ2v) is 6.20. The molecule has 19 heavy (non-hydrogen) atoms. The lowest BCUT2D eigenvalue weighted by molar-refractivity contribution is 0.252. The molecule has 0 atom stereocenters. The number of ether oxygens (including phenoxy) is 1. The number of carbonyl (C=O) groups is 1. The maximum Gasteiger partial charge on any atom is 0.321 e. The Balaban J connectivity index is 2.40. The molecule has 102 valence electrons. The first-order valence-electron chi connectivity index (χ1n) is 5.44. The molecule has 0 aliphatic carbocycles. The van der Waals surface area contributed by atoms with E-state index >= 15 is 0 Å². The Bertz CT molecular complexity index is 630. The maximum absolute atomic E-state index is 11.5. The van der Waals surface area contributed by atoms with Crippen molar-refractivity contribution in [3.8, 4) is 5.75 Å². The zero-order valence-corrected chi connectivity index (χ0v) is 14.2. The predicted octanol–water partition coefficient (Wildman–Crippen LogP) is 3.97. The fourth-order valence-corrected chi connectivity index (χ4v) is 4.06. The first-order valence-corrected chi connectivity index (χ1v) is 7.84. The summed E-state index contributed by atoms with van der Waals surface area (Å²) in [5, 5.41) is 5.90. The van der Waals surface area contributed by atoms with Gasteiger partial charge in [-0.3, -0.25) is 5.32 Å². The Kier molecular flexibility index (Phi) is 4.64. The summed E-state index contributed by atoms with van der Waals surface area (Å²) in [4.78, 5) is 15.8. The van der Waals surface area contributed by atoms with Gasteiger partial charge >= 0.3 is 6.03 Å². The summed E-state index contributed by atoms with van der Waals surface area (Å²) in [6.45, 7) is 2.43. The van der Waals surface area contributed by atoms with Crippen LogP contribution in [0.4, 0.5) is 9.93 Å². The molecular formula is C11H11Br2N3O2S. The molecule has 0 saturated carbocycles. The minimum absolute atomic E-state index is 0.260. The van der Waals surface area contributed by atoms with Crippen LogP contribution in [0.3, 0.4) is 0 Å². The average Bonchev–Trinajstić information content (AvgIpc) is 2.72. The second kappa shape index (κ2) is 6.06. The van der Waals surface area contributed by atoms with Crippen LogP contribution in [-0.4, -0.2) is 24.7 Å². The van der Waals surface area contributed by atoms with Crippen molar-refractivity contribution < 1.29 is 9.53 Å². The molecule has 5 nitrogen and oxygen atoms in total. The molecule has 2 aromatic rings. The number of halogens is 2. The van der Waals surface area contributed by atoms with E-state index in [2.05, 4.69) is 47.5 Å². The number of methoxy groups -OCH3 is 1. The third-order valence-corrected chi connectivity index (χ3v) is 4.91. The molecule has 2 rings (SSSR count). The minimum atomic E-state index is -0.260. The summed E-state index contributed by atoms with van der Waals surface area (Å²) in [6, 6.07) is 1.60. The van der Waals surface area contributed by atoms with Crippen molar-refractivity contribution in [2.24, 2.45) is 0 Å². The second-order valence-electron chi connectivity index (χ2n) is 3.56. The number of carbonyl (C=O) groups excluding carboxylic acids is 1. The highest BCUT2D eigenvalue weighted by Gasteiger charge is 2.15. The Morgan fingerprint density at radius 1 is 1.53 bits per heavy atom. The molecule has 1 aromatic carbocycles. The number of aromatic nitrogens is 1. The topological polar surface area (TPSA) is 63.2 Å². The number of nitrogens with zero attached hydrogens (tertiary/aromatic N) is 1. The largest absolute Gasteiger partial charge is 0.494 e. The fraction of sp³-hybridized carbons (Fsp3) is 0.273. The number of hydrogen-bond acceptors (Lipinski definition) is 4. The van der Waals surface area contributed by atoms with Gasteiger partial charge in [0.2, 0.25) is 0 Å². The van der Waals surface area contributed by atoms with Gasteiger partial charge in [0.05, 0.1) is 26.3 Å². The van der Waals surface area contributed by atoms with E-state index in [-0.39, 0.29) is 6.03 Å². The Morgan fingerprint density at radius 2 is 2.26 bits per heavy atom. The van der Waals surface area contributed by atoms with Crippen molar-refractivity contribution in [2.45, 2.75) is 6.92 Å². The fourth-order valence-electron chi connectivity index (χ4n) is 1.52. The van der Waals surface area contributed by atoms with Crippen molar-refractivity contribution in [1.82, 2.24) is 10.3 Å². The Labute approximate surface area is 131 Å². The van der Waals surface area contributed by atoms with Crippen molar-refractivity contribution in [2.75, 3.05) is 19.0 Å². The standard InChI is InChI=1S/C11H11Br2N3O2S/c1-3-14-10(17)16-11-15-6-4-5(12)8(18-2)7(13)9(6)19-11/h4H,3H2,1-2H3,(H2,14,15,16,17). The Morgan fingerprint density at radius 3 is 2.89 bits per heavy atom. The molecule has 0 aliphatic heterocycles. The van der Waals surface area contributed by atoms with Crippen molar-refractivity contribution in [3.05, 3.63) is 15.0 Å². The van der Waals surface area contributed by atoms with Gasteiger partial charge in [0.25, 0.3) is 0 Å². The number of thiazole rings is 1. The van der Waals surface area contributed by atoms with Crippen LogP contribution in [0, 0.1) is 0 Å². The number of hydrogen-bond donors (Lipinski definition) is 2. The number of urea groups is 1. The number of anilines is 1. The van der Waals surface area contributed by atoms with E-state index in [4.69, 9.17) is 4.74 Å². The van der Waals surface area contributed by atoms with Gasteiger partial charge in [-0.15, -0.1) is 0 Å². The van der Waals surface area contributed by atoms with Gasteiger partial charge in [0, 0.05) is 6.54 Å². The SMILES string of the molecule is CCNC(=O)Nc1nc2cc(Br)c(OC)c(Br)c2s1. The molecule has 0 radical (unpaired) electrons. The van der Waals surface area contributed by atoms with E-state index in [0.717, 1.165) is 19.2 Å². The first kappa shape index (κ1) is 14.5. The van der Waals surface area contributed by atoms with Crippen LogP contribution in [0.5, 0.6) is 5.75 Å². The summed E-state index contributed by atoms with van der Waals surface area (Å²) in [5.41, 5.74) is 0.788. The van der Waals surface area contributed by atoms with Crippen molar-refractivity contribution in [3.63, 3.8) is 0 Å². The van der Waals surface area contributed by atoms with Gasteiger partial charge in [0.15, 0.2) is 5.13 Å². The van der Waals surface area contributed by atoms with E-state index in [1.165, 1.54) is 11.3 Å². The zero-order valence-electron chi connectivity index (χ0n) is 10.2. The van der Waals surface area contributed by atoms with Crippen molar-refractivity contribution >= 4 is 64.6 Å². The molecule has 1 heterocycles. The lowest BCUT2D eigenvalue weighted by Gasteiger charge is -2.05. The lowest BCUT2D eigenvalue weighted by Crippen LogP contribution is -2.28. The summed E-state index contributed by atoms with van der Waals surface area (Å²) in [7, 11) is 1.60. The first-order chi connectivity index (χ1) is 9.06. The molecule has 2 N–H and O–H groups in total. The summed E-state index contributed by atoms with van der Waals surface area (Å²) in [6.07, 6.45) is 0. The lowest BCUT2D eigenvalue weighted by atomic mass is 10.3. The van der Waals surface area contributed by atoms with Gasteiger partial charge in [-0.25, -0.2) is 9.78 Å².